The highest BCUT2D eigenvalue weighted by atomic mass is 16.3. The van der Waals surface area contributed by atoms with Crippen LogP contribution in [0.4, 0.5) is 0 Å². The largest absolute Gasteiger partial charge is 0.456 e. The molecule has 5 heteroatoms. The molecule has 0 aliphatic heterocycles. The minimum Gasteiger partial charge on any atom is -0.456 e. The van der Waals surface area contributed by atoms with E-state index in [2.05, 4.69) is 102 Å². The van der Waals surface area contributed by atoms with E-state index in [0.717, 1.165) is 55.3 Å². The molecule has 5 nitrogen and oxygen atoms in total. The lowest BCUT2D eigenvalue weighted by Gasteiger charge is -2.13. The predicted octanol–water partition coefficient (Wildman–Crippen LogP) is 11.5. The van der Waals surface area contributed by atoms with Crippen molar-refractivity contribution in [3.05, 3.63) is 170 Å². The minimum atomic E-state index is 0.577. The van der Waals surface area contributed by atoms with Crippen molar-refractivity contribution in [2.45, 2.75) is 0 Å². The van der Waals surface area contributed by atoms with E-state index >= 15 is 0 Å². The molecule has 0 bridgehead atoms. The molecule has 3 aromatic heterocycles. The molecule has 0 saturated carbocycles. The second-order valence-electron chi connectivity index (χ2n) is 12.5. The lowest BCUT2D eigenvalue weighted by Crippen LogP contribution is -2.01. The van der Waals surface area contributed by atoms with E-state index in [4.69, 9.17) is 19.4 Å². The third-order valence-corrected chi connectivity index (χ3v) is 9.44. The number of rotatable bonds is 5. The van der Waals surface area contributed by atoms with Crippen LogP contribution in [-0.4, -0.2) is 19.5 Å². The topological polar surface area (TPSA) is 56.7 Å². The Morgan fingerprint density at radius 1 is 0.360 bits per heavy atom. The van der Waals surface area contributed by atoms with Crippen LogP contribution in [0, 0.1) is 0 Å². The average molecular weight is 641 g/mol. The maximum Gasteiger partial charge on any atom is 0.164 e. The molecule has 50 heavy (non-hydrogen) atoms. The number of nitrogens with zero attached hydrogens (tertiary/aromatic N) is 4. The van der Waals surface area contributed by atoms with Crippen LogP contribution in [0.25, 0.3) is 94.7 Å². The smallest absolute Gasteiger partial charge is 0.164 e. The summed E-state index contributed by atoms with van der Waals surface area (Å²) >= 11 is 0. The van der Waals surface area contributed by atoms with Crippen LogP contribution in [0.15, 0.2) is 174 Å². The first-order chi connectivity index (χ1) is 24.8. The normalized spacial score (nSPS) is 11.6. The number of fused-ring (bicyclic) bond motifs is 6. The summed E-state index contributed by atoms with van der Waals surface area (Å²) in [6.45, 7) is 0. The van der Waals surface area contributed by atoms with Gasteiger partial charge >= 0.3 is 0 Å². The van der Waals surface area contributed by atoms with Gasteiger partial charge in [0.2, 0.25) is 0 Å². The van der Waals surface area contributed by atoms with E-state index in [1.54, 1.807) is 0 Å². The Morgan fingerprint density at radius 2 is 0.900 bits per heavy atom. The fourth-order valence-corrected chi connectivity index (χ4v) is 7.12. The number of aromatic nitrogens is 4. The summed E-state index contributed by atoms with van der Waals surface area (Å²) in [5, 5.41) is 4.47. The Kier molecular flexibility index (Phi) is 6.42. The standard InChI is InChI=1S/C45H28N4O/c1-4-14-29(15-5-1)32-24-25-38-36(26-32)34-20-10-12-22-37(34)49(38)39-27-33(28-41-42(39)35-21-11-13-23-40(35)50-41)45-47-43(30-16-6-2-7-17-30)46-44(48-45)31-18-8-3-9-19-31/h1-28H. The average Bonchev–Trinajstić information content (AvgIpc) is 3.74. The summed E-state index contributed by atoms with van der Waals surface area (Å²) in [4.78, 5) is 15.1. The third kappa shape index (κ3) is 4.60. The molecule has 10 aromatic rings. The molecule has 0 fully saturated rings. The Labute approximate surface area is 287 Å². The SMILES string of the molecule is c1ccc(-c2ccc3c(c2)c2ccccc2n3-c2cc(-c3nc(-c4ccccc4)nc(-c4ccccc4)n3)cc3oc4ccccc4c23)cc1. The van der Waals surface area contributed by atoms with Crippen molar-refractivity contribution in [1.82, 2.24) is 19.5 Å². The van der Waals surface area contributed by atoms with Crippen molar-refractivity contribution in [3.63, 3.8) is 0 Å². The monoisotopic (exact) mass is 640 g/mol. The number of hydrogen-bond donors (Lipinski definition) is 0. The van der Waals surface area contributed by atoms with Gasteiger partial charge in [-0.1, -0.05) is 133 Å². The zero-order valence-corrected chi connectivity index (χ0v) is 26.9. The molecule has 234 valence electrons. The summed E-state index contributed by atoms with van der Waals surface area (Å²) in [5.74, 6) is 1.81. The number of benzene rings is 7. The van der Waals surface area contributed by atoms with Crippen molar-refractivity contribution >= 4 is 43.7 Å². The van der Waals surface area contributed by atoms with E-state index in [9.17, 15) is 0 Å². The quantitative estimate of drug-likeness (QED) is 0.188. The van der Waals surface area contributed by atoms with Gasteiger partial charge in [0, 0.05) is 32.8 Å². The zero-order chi connectivity index (χ0) is 33.0. The van der Waals surface area contributed by atoms with Gasteiger partial charge in [0.25, 0.3) is 0 Å². The molecule has 0 spiro atoms. The summed E-state index contributed by atoms with van der Waals surface area (Å²) in [6.07, 6.45) is 0. The molecule has 0 amide bonds. The van der Waals surface area contributed by atoms with Crippen LogP contribution in [0.1, 0.15) is 0 Å². The molecule has 0 atom stereocenters. The number of furan rings is 1. The van der Waals surface area contributed by atoms with Gasteiger partial charge in [0.05, 0.1) is 22.1 Å². The van der Waals surface area contributed by atoms with Crippen molar-refractivity contribution in [2.75, 3.05) is 0 Å². The van der Waals surface area contributed by atoms with Crippen molar-refractivity contribution in [2.24, 2.45) is 0 Å². The molecule has 0 saturated heterocycles. The van der Waals surface area contributed by atoms with Crippen LogP contribution >= 0.6 is 0 Å². The second kappa shape index (κ2) is 11.4. The van der Waals surface area contributed by atoms with Crippen LogP contribution in [0.3, 0.4) is 0 Å². The van der Waals surface area contributed by atoms with Crippen LogP contribution in [0.5, 0.6) is 0 Å². The molecule has 3 heterocycles. The maximum absolute atomic E-state index is 6.60. The highest BCUT2D eigenvalue weighted by molar-refractivity contribution is 6.15. The number of para-hydroxylation sites is 2. The predicted molar refractivity (Wildman–Crippen MR) is 203 cm³/mol. The van der Waals surface area contributed by atoms with Gasteiger partial charge in [-0.3, -0.25) is 0 Å². The highest BCUT2D eigenvalue weighted by Gasteiger charge is 2.21. The maximum atomic E-state index is 6.60. The Morgan fingerprint density at radius 3 is 1.58 bits per heavy atom. The summed E-state index contributed by atoms with van der Waals surface area (Å²) < 4.78 is 8.97. The first-order valence-corrected chi connectivity index (χ1v) is 16.7. The molecule has 0 aliphatic carbocycles. The fourth-order valence-electron chi connectivity index (χ4n) is 7.12. The van der Waals surface area contributed by atoms with Crippen molar-refractivity contribution < 1.29 is 4.42 Å². The lowest BCUT2D eigenvalue weighted by molar-refractivity contribution is 0.669. The van der Waals surface area contributed by atoms with Gasteiger partial charge in [0.1, 0.15) is 11.2 Å². The molecule has 0 N–H and O–H groups in total. The molecule has 0 radical (unpaired) electrons. The molecule has 0 unspecified atom stereocenters. The van der Waals surface area contributed by atoms with Crippen molar-refractivity contribution in [1.29, 1.82) is 0 Å². The van der Waals surface area contributed by atoms with E-state index in [-0.39, 0.29) is 0 Å². The Balaban J connectivity index is 1.28. The van der Waals surface area contributed by atoms with Gasteiger partial charge in [-0.15, -0.1) is 0 Å². The molecular formula is C45H28N4O. The minimum absolute atomic E-state index is 0.577. The van der Waals surface area contributed by atoms with Gasteiger partial charge in [-0.05, 0) is 47.5 Å². The lowest BCUT2D eigenvalue weighted by atomic mass is 10.0. The third-order valence-electron chi connectivity index (χ3n) is 9.44. The first kappa shape index (κ1) is 28.2. The highest BCUT2D eigenvalue weighted by Crippen LogP contribution is 2.41. The summed E-state index contributed by atoms with van der Waals surface area (Å²) in [7, 11) is 0. The van der Waals surface area contributed by atoms with Crippen LogP contribution < -0.4 is 0 Å². The van der Waals surface area contributed by atoms with E-state index in [1.165, 1.54) is 21.9 Å². The Hall–Kier alpha value is -6.85. The first-order valence-electron chi connectivity index (χ1n) is 16.7. The molecule has 10 rings (SSSR count). The second-order valence-corrected chi connectivity index (χ2v) is 12.5. The van der Waals surface area contributed by atoms with E-state index < -0.39 is 0 Å². The summed E-state index contributed by atoms with van der Waals surface area (Å²) in [6, 6.07) is 58.6. The number of hydrogen-bond acceptors (Lipinski definition) is 4. The summed E-state index contributed by atoms with van der Waals surface area (Å²) in [5.41, 5.74) is 9.90. The van der Waals surface area contributed by atoms with Gasteiger partial charge in [-0.2, -0.15) is 0 Å². The fraction of sp³-hybridized carbons (Fsp3) is 0. The van der Waals surface area contributed by atoms with Gasteiger partial charge in [0.15, 0.2) is 17.5 Å². The Bertz CT molecular complexity index is 2800. The van der Waals surface area contributed by atoms with Gasteiger partial charge in [-0.25, -0.2) is 15.0 Å². The van der Waals surface area contributed by atoms with E-state index in [0.29, 0.717) is 17.5 Å². The molecule has 0 aliphatic rings. The molecular weight excluding hydrogens is 613 g/mol. The van der Waals surface area contributed by atoms with Gasteiger partial charge < -0.3 is 8.98 Å². The zero-order valence-electron chi connectivity index (χ0n) is 26.9. The van der Waals surface area contributed by atoms with Crippen molar-refractivity contribution in [3.8, 4) is 51.0 Å². The van der Waals surface area contributed by atoms with Crippen LogP contribution in [0.2, 0.25) is 0 Å². The van der Waals surface area contributed by atoms with E-state index in [1.807, 2.05) is 72.8 Å². The van der Waals surface area contributed by atoms with Crippen LogP contribution in [-0.2, 0) is 0 Å². The molecule has 7 aromatic carbocycles.